The summed E-state index contributed by atoms with van der Waals surface area (Å²) in [4.78, 5) is 101. The second kappa shape index (κ2) is 15.8. The molecule has 0 unspecified atom stereocenters. The van der Waals surface area contributed by atoms with Crippen LogP contribution in [0.1, 0.15) is 93.6 Å². The minimum atomic E-state index is -2.33. The highest BCUT2D eigenvalue weighted by atomic mass is 16.6. The number of rotatable bonds is 9. The van der Waals surface area contributed by atoms with E-state index in [0.29, 0.717) is 5.56 Å². The van der Waals surface area contributed by atoms with Gasteiger partial charge in [-0.25, -0.2) is 19.2 Å². The van der Waals surface area contributed by atoms with Gasteiger partial charge in [0.15, 0.2) is 23.1 Å². The lowest BCUT2D eigenvalue weighted by Crippen LogP contribution is -2.78. The summed E-state index contributed by atoms with van der Waals surface area (Å²) in [6.45, 7) is 5.22. The first-order valence-electron chi connectivity index (χ1n) is 22.3. The second-order valence-electron chi connectivity index (χ2n) is 18.8. The molecule has 68 heavy (non-hydrogen) atoms. The van der Waals surface area contributed by atoms with Crippen LogP contribution in [0.25, 0.3) is 0 Å². The highest BCUT2D eigenvalue weighted by molar-refractivity contribution is 6.05. The first-order chi connectivity index (χ1) is 32.4. The molecule has 12 atom stereocenters. The number of esters is 5. The molecule has 16 heteroatoms. The monoisotopic (exact) mass is 925 g/mol. The summed E-state index contributed by atoms with van der Waals surface area (Å²) >= 11 is 0. The van der Waals surface area contributed by atoms with Gasteiger partial charge >= 0.3 is 29.8 Å². The fraction of sp³-hybridized carbons (Fsp3) is 0.365. The molecule has 2 spiro atoms. The van der Waals surface area contributed by atoms with Crippen LogP contribution in [0.5, 0.6) is 0 Å². The van der Waals surface area contributed by atoms with Crippen molar-refractivity contribution in [3.63, 3.8) is 0 Å². The van der Waals surface area contributed by atoms with Gasteiger partial charge < -0.3 is 44.0 Å². The summed E-state index contributed by atoms with van der Waals surface area (Å²) in [5, 5.41) is 28.7. The van der Waals surface area contributed by atoms with Crippen LogP contribution in [0.4, 0.5) is 0 Å². The first-order valence-corrected chi connectivity index (χ1v) is 22.3. The van der Waals surface area contributed by atoms with Crippen molar-refractivity contribution in [2.75, 3.05) is 6.61 Å². The standard InChI is InChI=1S/C52H47NO15/c1-27-34(65-46(61)40(66-43(58)31-20-12-7-13-21-31)38(29-16-8-5-9-17-29)53-42(57)30-18-10-6-11-19-30)25-51(62)49(4)37(27)39(64-28(2)54)41(56)48(3)35(55)24-36-50(26-63-36)47(48)52(49,51)68-45(60)33-23-15-14-22-32(33)44(59)67-50/h5-23,34-36,38-40,47,55,62H,24-26H2,1-4H3,(H,53,57)/t34-,35-,36+,38-,39+,40+,47-,48-,49-,50-,51-,52-/m0/s1. The van der Waals surface area contributed by atoms with Gasteiger partial charge in [0.25, 0.3) is 5.91 Å². The van der Waals surface area contributed by atoms with Gasteiger partial charge in [0.1, 0.15) is 23.9 Å². The van der Waals surface area contributed by atoms with Crippen molar-refractivity contribution in [3.05, 3.63) is 154 Å². The van der Waals surface area contributed by atoms with E-state index in [1.54, 1.807) is 78.9 Å². The number of hydrogen-bond donors (Lipinski definition) is 3. The minimum Gasteiger partial charge on any atom is -0.455 e. The van der Waals surface area contributed by atoms with E-state index in [1.165, 1.54) is 57.2 Å². The molecule has 1 saturated heterocycles. The number of ether oxygens (including phenoxy) is 6. The molecular formula is C52H47NO15. The van der Waals surface area contributed by atoms with Crippen molar-refractivity contribution in [2.45, 2.75) is 93.9 Å². The fourth-order valence-corrected chi connectivity index (χ4v) is 12.2. The number of amides is 1. The molecule has 3 N–H and O–H groups in total. The number of carbonyl (C=O) groups excluding carboxylic acids is 7. The van der Waals surface area contributed by atoms with Crippen LogP contribution in [0.3, 0.4) is 0 Å². The number of benzene rings is 4. The van der Waals surface area contributed by atoms with Crippen LogP contribution >= 0.6 is 0 Å². The second-order valence-corrected chi connectivity index (χ2v) is 18.8. The van der Waals surface area contributed by atoms with Gasteiger partial charge in [-0.3, -0.25) is 14.4 Å². The molecular weight excluding hydrogens is 879 g/mol. The molecule has 0 radical (unpaired) electrons. The third-order valence-corrected chi connectivity index (χ3v) is 15.5. The van der Waals surface area contributed by atoms with E-state index in [2.05, 4.69) is 5.32 Å². The van der Waals surface area contributed by atoms with Crippen molar-refractivity contribution in [2.24, 2.45) is 16.7 Å². The molecule has 2 heterocycles. The van der Waals surface area contributed by atoms with E-state index in [1.807, 2.05) is 0 Å². The Bertz CT molecular complexity index is 2830. The van der Waals surface area contributed by atoms with Crippen molar-refractivity contribution < 1.29 is 72.2 Å². The Labute approximate surface area is 389 Å². The number of aliphatic hydroxyl groups excluding tert-OH is 1. The normalized spacial score (nSPS) is 33.7. The summed E-state index contributed by atoms with van der Waals surface area (Å²) in [5.74, 6) is -8.06. The molecule has 0 aromatic heterocycles. The summed E-state index contributed by atoms with van der Waals surface area (Å²) in [5.41, 5.74) is -9.96. The maximum atomic E-state index is 15.6. The van der Waals surface area contributed by atoms with E-state index < -0.39 is 118 Å². The molecule has 2 aliphatic heterocycles. The van der Waals surface area contributed by atoms with Crippen LogP contribution in [0.15, 0.2) is 126 Å². The van der Waals surface area contributed by atoms with Gasteiger partial charge in [-0.1, -0.05) is 78.9 Å². The molecule has 4 aliphatic carbocycles. The van der Waals surface area contributed by atoms with E-state index in [0.717, 1.165) is 6.92 Å². The lowest BCUT2D eigenvalue weighted by molar-refractivity contribution is -0.331. The third-order valence-electron chi connectivity index (χ3n) is 15.5. The van der Waals surface area contributed by atoms with Crippen LogP contribution in [-0.2, 0) is 42.8 Å². The molecule has 6 aliphatic rings. The molecule has 4 aromatic rings. The largest absolute Gasteiger partial charge is 0.455 e. The number of fused-ring (bicyclic) bond motifs is 1. The van der Waals surface area contributed by atoms with E-state index in [4.69, 9.17) is 28.4 Å². The maximum Gasteiger partial charge on any atom is 0.350 e. The van der Waals surface area contributed by atoms with Crippen molar-refractivity contribution in [1.29, 1.82) is 0 Å². The summed E-state index contributed by atoms with van der Waals surface area (Å²) in [7, 11) is 0. The van der Waals surface area contributed by atoms with Gasteiger partial charge in [-0.05, 0) is 73.9 Å². The zero-order valence-corrected chi connectivity index (χ0v) is 37.3. The topological polar surface area (TPSA) is 227 Å². The Hall–Kier alpha value is -7.01. The van der Waals surface area contributed by atoms with Crippen molar-refractivity contribution >= 4 is 41.5 Å². The molecule has 0 bridgehead atoms. The van der Waals surface area contributed by atoms with Crippen molar-refractivity contribution in [3.8, 4) is 0 Å². The minimum absolute atomic E-state index is 0.0690. The van der Waals surface area contributed by atoms with Gasteiger partial charge in [0, 0.05) is 25.3 Å². The highest BCUT2D eigenvalue weighted by Gasteiger charge is 2.99. The van der Waals surface area contributed by atoms with E-state index in [9.17, 15) is 34.2 Å². The molecule has 10 rings (SSSR count). The molecule has 16 nitrogen and oxygen atoms in total. The Morgan fingerprint density at radius 1 is 0.779 bits per heavy atom. The highest BCUT2D eigenvalue weighted by Crippen LogP contribution is 2.84. The summed E-state index contributed by atoms with van der Waals surface area (Å²) in [6.07, 6.45) is -8.67. The van der Waals surface area contributed by atoms with Gasteiger partial charge in [-0.2, -0.15) is 0 Å². The Morgan fingerprint density at radius 2 is 1.35 bits per heavy atom. The fourth-order valence-electron chi connectivity index (χ4n) is 12.2. The molecule has 4 aromatic carbocycles. The average molecular weight is 926 g/mol. The van der Waals surface area contributed by atoms with Gasteiger partial charge in [0.2, 0.25) is 6.10 Å². The number of ketones is 1. The van der Waals surface area contributed by atoms with Crippen LogP contribution in [0, 0.1) is 16.7 Å². The van der Waals surface area contributed by atoms with E-state index >= 15 is 9.59 Å². The zero-order valence-electron chi connectivity index (χ0n) is 37.3. The lowest BCUT2D eigenvalue weighted by atomic mass is 9.51. The summed E-state index contributed by atoms with van der Waals surface area (Å²) < 4.78 is 37.3. The van der Waals surface area contributed by atoms with E-state index in [-0.39, 0.29) is 46.4 Å². The predicted molar refractivity (Wildman–Crippen MR) is 234 cm³/mol. The Kier molecular flexibility index (Phi) is 10.4. The van der Waals surface area contributed by atoms with Crippen LogP contribution < -0.4 is 5.32 Å². The van der Waals surface area contributed by atoms with Gasteiger partial charge in [0.05, 0.1) is 46.1 Å². The molecule has 350 valence electrons. The van der Waals surface area contributed by atoms with Gasteiger partial charge in [-0.15, -0.1) is 0 Å². The quantitative estimate of drug-likeness (QED) is 0.119. The Morgan fingerprint density at radius 3 is 1.94 bits per heavy atom. The van der Waals surface area contributed by atoms with Crippen LogP contribution in [0.2, 0.25) is 0 Å². The zero-order chi connectivity index (χ0) is 48.1. The lowest BCUT2D eigenvalue weighted by Gasteiger charge is -2.63. The van der Waals surface area contributed by atoms with Crippen LogP contribution in [-0.4, -0.2) is 106 Å². The number of aliphatic hydroxyl groups is 2. The average Bonchev–Trinajstić information content (AvgIpc) is 3.75. The third kappa shape index (κ3) is 6.12. The first kappa shape index (κ1) is 44.8. The molecule has 1 amide bonds. The number of carbonyl (C=O) groups is 7. The number of nitrogens with one attached hydrogen (secondary N) is 1. The SMILES string of the molecule is CC(=O)O[C@H]1C(=O)[C@@]2(C)[C@H]3[C@@]4(CO[C@@H]4C[C@@H]2O)OC(=O)c2ccccc2C(=O)O[C@@]32[C@]3(O)C[C@H](OC(=O)[C@H](OC(=O)c4ccccc4)[C@@H](NC(=O)c4ccccc4)c4ccccc4)C(C)=C1[C@@]32C. The maximum absolute atomic E-state index is 15.6. The Balaban J connectivity index is 1.13. The molecule has 3 saturated carbocycles. The summed E-state index contributed by atoms with van der Waals surface area (Å²) in [6, 6.07) is 28.7. The number of Topliss-reactive ketones (excluding diaryl/α,β-unsaturated/α-hetero) is 1. The predicted octanol–water partition coefficient (Wildman–Crippen LogP) is 4.57. The number of hydrogen-bond acceptors (Lipinski definition) is 15. The smallest absolute Gasteiger partial charge is 0.350 e. The molecule has 4 fully saturated rings. The van der Waals surface area contributed by atoms with Crippen molar-refractivity contribution in [1.82, 2.24) is 5.32 Å².